The lowest BCUT2D eigenvalue weighted by molar-refractivity contribution is 0.555. The van der Waals surface area contributed by atoms with Crippen LogP contribution in [0.4, 0.5) is 0 Å². The molecule has 0 spiro atoms. The Morgan fingerprint density at radius 3 is 2.76 bits per heavy atom. The van der Waals surface area contributed by atoms with Gasteiger partial charge >= 0.3 is 0 Å². The van der Waals surface area contributed by atoms with Gasteiger partial charge in [0.15, 0.2) is 17.3 Å². The van der Waals surface area contributed by atoms with Crippen LogP contribution in [0.2, 0.25) is 5.02 Å². The Morgan fingerprint density at radius 1 is 1.14 bits per heavy atom. The molecule has 0 bridgehead atoms. The van der Waals surface area contributed by atoms with Crippen molar-refractivity contribution < 1.29 is 8.83 Å². The van der Waals surface area contributed by atoms with Crippen LogP contribution in [0, 0.1) is 13.8 Å². The van der Waals surface area contributed by atoms with Crippen LogP contribution in [0.25, 0.3) is 39.5 Å². The fraction of sp³-hybridized carbons (Fsp3) is 0.105. The van der Waals surface area contributed by atoms with Crippen molar-refractivity contribution in [2.75, 3.05) is 0 Å². The van der Waals surface area contributed by atoms with Gasteiger partial charge in [-0.05, 0) is 41.1 Å². The van der Waals surface area contributed by atoms with Crippen molar-refractivity contribution in [3.8, 4) is 17.4 Å². The molecule has 1 aromatic carbocycles. The summed E-state index contributed by atoms with van der Waals surface area (Å²) in [5, 5.41) is 5.08. The summed E-state index contributed by atoms with van der Waals surface area (Å²) in [6, 6.07) is 6.71. The molecule has 4 aromatic heterocycles. The number of hydrogen-bond donors (Lipinski definition) is 0. The third-order valence-corrected chi connectivity index (χ3v) is 5.12. The topological polar surface area (TPSA) is 99.8 Å². The molecule has 0 aliphatic heterocycles. The Balaban J connectivity index is 1.81. The normalized spacial score (nSPS) is 11.6. The molecule has 0 atom stereocenters. The molecule has 0 N–H and O–H groups in total. The van der Waals surface area contributed by atoms with E-state index < -0.39 is 5.56 Å². The summed E-state index contributed by atoms with van der Waals surface area (Å²) in [6.07, 6.45) is 1.59. The van der Waals surface area contributed by atoms with Crippen LogP contribution in [-0.2, 0) is 0 Å². The zero-order valence-corrected chi connectivity index (χ0v) is 17.4. The maximum Gasteiger partial charge on any atom is 0.284 e. The molecule has 8 nitrogen and oxygen atoms in total. The van der Waals surface area contributed by atoms with E-state index in [0.717, 1.165) is 0 Å². The molecule has 0 fully saturated rings. The van der Waals surface area contributed by atoms with E-state index in [1.165, 1.54) is 4.68 Å². The number of aromatic nitrogens is 5. The van der Waals surface area contributed by atoms with Crippen LogP contribution in [0.1, 0.15) is 11.5 Å². The zero-order valence-electron chi connectivity index (χ0n) is 15.1. The average molecular weight is 473 g/mol. The molecule has 0 amide bonds. The number of rotatable bonds is 2. The molecule has 0 saturated carbocycles. The molecule has 0 aliphatic carbocycles. The molecule has 5 rings (SSSR count). The fourth-order valence-corrected chi connectivity index (χ4v) is 3.77. The fourth-order valence-electron chi connectivity index (χ4n) is 3.19. The first kappa shape index (κ1) is 18.0. The molecule has 0 unspecified atom stereocenters. The molecular formula is C19H11BrClN5O3. The lowest BCUT2D eigenvalue weighted by Crippen LogP contribution is -2.10. The second-order valence-electron chi connectivity index (χ2n) is 6.36. The first-order valence-corrected chi connectivity index (χ1v) is 9.68. The van der Waals surface area contributed by atoms with E-state index in [0.29, 0.717) is 54.7 Å². The standard InChI is InChI=1S/C19H11BrClN5O3/c1-8-15-10(6-12-16(8)28-9(2)23-12)18(27)24-19(29-15)13-7-14(20)25-26(13)17-11(21)4-3-5-22-17/h3-7H,1-2H3. The number of oxazole rings is 1. The highest BCUT2D eigenvalue weighted by Gasteiger charge is 2.21. The summed E-state index contributed by atoms with van der Waals surface area (Å²) in [7, 11) is 0. The summed E-state index contributed by atoms with van der Waals surface area (Å²) >= 11 is 9.62. The van der Waals surface area contributed by atoms with Gasteiger partial charge in [-0.15, -0.1) is 0 Å². The number of pyridine rings is 1. The van der Waals surface area contributed by atoms with Crippen molar-refractivity contribution in [3.05, 3.63) is 61.9 Å². The van der Waals surface area contributed by atoms with Crippen LogP contribution >= 0.6 is 27.5 Å². The summed E-state index contributed by atoms with van der Waals surface area (Å²) < 4.78 is 13.7. The van der Waals surface area contributed by atoms with E-state index in [1.807, 2.05) is 6.92 Å². The third-order valence-electron chi connectivity index (χ3n) is 4.44. The second kappa shape index (κ2) is 6.50. The van der Waals surface area contributed by atoms with E-state index in [2.05, 4.69) is 36.0 Å². The van der Waals surface area contributed by atoms with Gasteiger partial charge in [-0.1, -0.05) is 11.6 Å². The first-order chi connectivity index (χ1) is 13.9. The number of aryl methyl sites for hydroxylation is 2. The van der Waals surface area contributed by atoms with Gasteiger partial charge in [0.1, 0.15) is 21.4 Å². The van der Waals surface area contributed by atoms with Crippen molar-refractivity contribution in [1.29, 1.82) is 0 Å². The van der Waals surface area contributed by atoms with Gasteiger partial charge in [0.05, 0.1) is 10.4 Å². The highest BCUT2D eigenvalue weighted by molar-refractivity contribution is 9.10. The van der Waals surface area contributed by atoms with E-state index >= 15 is 0 Å². The van der Waals surface area contributed by atoms with E-state index in [9.17, 15) is 4.79 Å². The van der Waals surface area contributed by atoms with Crippen LogP contribution in [0.15, 0.2) is 48.7 Å². The van der Waals surface area contributed by atoms with Gasteiger partial charge in [-0.2, -0.15) is 10.1 Å². The highest BCUT2D eigenvalue weighted by atomic mass is 79.9. The van der Waals surface area contributed by atoms with E-state index in [-0.39, 0.29) is 5.89 Å². The quantitative estimate of drug-likeness (QED) is 0.370. The van der Waals surface area contributed by atoms with Crippen LogP contribution < -0.4 is 5.56 Å². The van der Waals surface area contributed by atoms with Gasteiger partial charge < -0.3 is 8.83 Å². The summed E-state index contributed by atoms with van der Waals surface area (Å²) in [5.41, 5.74) is 2.17. The number of fused-ring (bicyclic) bond motifs is 2. The lowest BCUT2D eigenvalue weighted by atomic mass is 10.1. The molecule has 4 heterocycles. The minimum absolute atomic E-state index is 0.0844. The summed E-state index contributed by atoms with van der Waals surface area (Å²) in [4.78, 5) is 25.5. The SMILES string of the molecule is Cc1nc2cc3c(=O)nc(-c4cc(Br)nn4-c4ncccc4Cl)oc3c(C)c2o1. The highest BCUT2D eigenvalue weighted by Crippen LogP contribution is 2.31. The molecule has 29 heavy (non-hydrogen) atoms. The predicted octanol–water partition coefficient (Wildman–Crippen LogP) is 4.61. The molecule has 0 aliphatic rings. The largest absolute Gasteiger partial charge is 0.441 e. The molecule has 0 saturated heterocycles. The summed E-state index contributed by atoms with van der Waals surface area (Å²) in [5.74, 6) is 0.976. The Hall–Kier alpha value is -3.04. The minimum Gasteiger partial charge on any atom is -0.441 e. The Morgan fingerprint density at radius 2 is 1.97 bits per heavy atom. The maximum absolute atomic E-state index is 12.8. The molecular weight excluding hydrogens is 462 g/mol. The van der Waals surface area contributed by atoms with Crippen molar-refractivity contribution in [3.63, 3.8) is 0 Å². The Kier molecular flexibility index (Phi) is 4.04. The van der Waals surface area contributed by atoms with Gasteiger partial charge in [0, 0.05) is 24.8 Å². The van der Waals surface area contributed by atoms with E-state index in [1.54, 1.807) is 37.4 Å². The number of halogens is 2. The Labute approximate surface area is 176 Å². The van der Waals surface area contributed by atoms with Gasteiger partial charge in [-0.25, -0.2) is 14.6 Å². The zero-order chi connectivity index (χ0) is 20.3. The van der Waals surface area contributed by atoms with Gasteiger partial charge in [0.2, 0.25) is 5.89 Å². The Bertz CT molecular complexity index is 1490. The molecule has 5 aromatic rings. The lowest BCUT2D eigenvalue weighted by Gasteiger charge is -2.08. The second-order valence-corrected chi connectivity index (χ2v) is 7.58. The summed E-state index contributed by atoms with van der Waals surface area (Å²) in [6.45, 7) is 3.56. The maximum atomic E-state index is 12.8. The van der Waals surface area contributed by atoms with Crippen LogP contribution in [0.3, 0.4) is 0 Å². The molecule has 0 radical (unpaired) electrons. The molecule has 10 heteroatoms. The number of hydrogen-bond acceptors (Lipinski definition) is 7. The third kappa shape index (κ3) is 2.85. The number of nitrogens with zero attached hydrogens (tertiary/aromatic N) is 5. The monoisotopic (exact) mass is 471 g/mol. The van der Waals surface area contributed by atoms with Crippen LogP contribution in [0.5, 0.6) is 0 Å². The average Bonchev–Trinajstić information content (AvgIpc) is 3.25. The van der Waals surface area contributed by atoms with Crippen molar-refractivity contribution in [2.45, 2.75) is 13.8 Å². The van der Waals surface area contributed by atoms with E-state index in [4.69, 9.17) is 20.4 Å². The van der Waals surface area contributed by atoms with Crippen molar-refractivity contribution >= 4 is 49.6 Å². The number of benzene rings is 1. The molecule has 144 valence electrons. The smallest absolute Gasteiger partial charge is 0.284 e. The van der Waals surface area contributed by atoms with Crippen molar-refractivity contribution in [2.24, 2.45) is 0 Å². The predicted molar refractivity (Wildman–Crippen MR) is 110 cm³/mol. The van der Waals surface area contributed by atoms with Crippen molar-refractivity contribution in [1.82, 2.24) is 24.7 Å². The van der Waals surface area contributed by atoms with Gasteiger partial charge in [-0.3, -0.25) is 4.79 Å². The first-order valence-electron chi connectivity index (χ1n) is 8.51. The minimum atomic E-state index is -0.442. The van der Waals surface area contributed by atoms with Gasteiger partial charge in [0.25, 0.3) is 5.56 Å². The van der Waals surface area contributed by atoms with Crippen LogP contribution in [-0.4, -0.2) is 24.7 Å².